The third kappa shape index (κ3) is 1.75. The number of rotatable bonds is 2. The number of aliphatic hydroxyl groups excluding tert-OH is 1. The Morgan fingerprint density at radius 2 is 2.38 bits per heavy atom. The van der Waals surface area contributed by atoms with Crippen molar-refractivity contribution >= 4 is 5.91 Å². The zero-order chi connectivity index (χ0) is 6.57. The molecule has 0 aromatic carbocycles. The summed E-state index contributed by atoms with van der Waals surface area (Å²) in [7, 11) is 1.49. The van der Waals surface area contributed by atoms with Crippen LogP contribution in [0.2, 0.25) is 0 Å². The molecule has 46 valence electrons. The Bertz CT molecular complexity index is 95.0. The topological polar surface area (TPSA) is 49.3 Å². The zero-order valence-electron chi connectivity index (χ0n) is 4.77. The van der Waals surface area contributed by atoms with Crippen molar-refractivity contribution in [3.63, 3.8) is 0 Å². The standard InChI is InChI=1S/C5H9NO2/c1-4(3-7)5(8)6-2/h7H,1,3H2,2H3,(H,6,8). The number of carbonyl (C=O) groups excluding carboxylic acids is 1. The third-order valence-corrected chi connectivity index (χ3v) is 0.739. The summed E-state index contributed by atoms with van der Waals surface area (Å²) in [6, 6.07) is 0. The molecular formula is C5H9NO2. The normalized spacial score (nSPS) is 8.25. The van der Waals surface area contributed by atoms with E-state index in [1.165, 1.54) is 7.05 Å². The summed E-state index contributed by atoms with van der Waals surface area (Å²) < 4.78 is 0. The maximum absolute atomic E-state index is 10.4. The third-order valence-electron chi connectivity index (χ3n) is 0.739. The molecule has 0 unspecified atom stereocenters. The molecule has 0 aliphatic carbocycles. The van der Waals surface area contributed by atoms with Crippen LogP contribution < -0.4 is 5.32 Å². The van der Waals surface area contributed by atoms with E-state index in [9.17, 15) is 4.79 Å². The first-order valence-corrected chi connectivity index (χ1v) is 2.23. The molecule has 0 aliphatic heterocycles. The Kier molecular flexibility index (Phi) is 2.88. The number of likely N-dealkylation sites (N-methyl/N-ethyl adjacent to an activating group) is 1. The Labute approximate surface area is 48.0 Å². The van der Waals surface area contributed by atoms with Crippen LogP contribution in [0.25, 0.3) is 0 Å². The molecule has 0 bridgehead atoms. The highest BCUT2D eigenvalue weighted by Gasteiger charge is 1.99. The van der Waals surface area contributed by atoms with Crippen LogP contribution in [0.5, 0.6) is 0 Å². The first-order valence-electron chi connectivity index (χ1n) is 2.23. The van der Waals surface area contributed by atoms with E-state index in [2.05, 4.69) is 11.9 Å². The second-order valence-corrected chi connectivity index (χ2v) is 1.34. The minimum absolute atomic E-state index is 0.188. The van der Waals surface area contributed by atoms with Gasteiger partial charge < -0.3 is 10.4 Å². The Balaban J connectivity index is 3.64. The fourth-order valence-electron chi connectivity index (χ4n) is 0.249. The molecule has 2 N–H and O–H groups in total. The van der Waals surface area contributed by atoms with Crippen molar-refractivity contribution in [3.8, 4) is 0 Å². The van der Waals surface area contributed by atoms with Gasteiger partial charge in [0, 0.05) is 12.6 Å². The van der Waals surface area contributed by atoms with Crippen molar-refractivity contribution < 1.29 is 9.90 Å². The van der Waals surface area contributed by atoms with Crippen LogP contribution in [0, 0.1) is 0 Å². The van der Waals surface area contributed by atoms with Gasteiger partial charge in [0.15, 0.2) is 0 Å². The van der Waals surface area contributed by atoms with E-state index < -0.39 is 0 Å². The average Bonchev–Trinajstić information content (AvgIpc) is 1.84. The number of nitrogens with one attached hydrogen (secondary N) is 1. The van der Waals surface area contributed by atoms with Crippen molar-refractivity contribution in [2.75, 3.05) is 13.7 Å². The molecule has 0 saturated carbocycles. The van der Waals surface area contributed by atoms with Crippen LogP contribution in [0.3, 0.4) is 0 Å². The lowest BCUT2D eigenvalue weighted by atomic mass is 10.3. The largest absolute Gasteiger partial charge is 0.391 e. The van der Waals surface area contributed by atoms with Gasteiger partial charge in [-0.1, -0.05) is 6.58 Å². The van der Waals surface area contributed by atoms with E-state index in [0.717, 1.165) is 0 Å². The van der Waals surface area contributed by atoms with Crippen molar-refractivity contribution in [2.24, 2.45) is 0 Å². The summed E-state index contributed by atoms with van der Waals surface area (Å²) in [5.41, 5.74) is 0.188. The van der Waals surface area contributed by atoms with Gasteiger partial charge in [-0.15, -0.1) is 0 Å². The van der Waals surface area contributed by atoms with Crippen molar-refractivity contribution in [1.29, 1.82) is 0 Å². The highest BCUT2D eigenvalue weighted by molar-refractivity contribution is 5.92. The highest BCUT2D eigenvalue weighted by atomic mass is 16.3. The average molecular weight is 115 g/mol. The molecule has 0 spiro atoms. The van der Waals surface area contributed by atoms with E-state index in [1.54, 1.807) is 0 Å². The molecule has 0 atom stereocenters. The number of hydrogen-bond donors (Lipinski definition) is 2. The molecule has 0 aromatic heterocycles. The van der Waals surface area contributed by atoms with Crippen LogP contribution >= 0.6 is 0 Å². The molecule has 3 nitrogen and oxygen atoms in total. The van der Waals surface area contributed by atoms with Gasteiger partial charge in [-0.3, -0.25) is 4.79 Å². The maximum atomic E-state index is 10.4. The monoisotopic (exact) mass is 115 g/mol. The molecule has 3 heteroatoms. The summed E-state index contributed by atoms with van der Waals surface area (Å²) in [5, 5.41) is 10.6. The van der Waals surface area contributed by atoms with Crippen LogP contribution in [-0.4, -0.2) is 24.7 Å². The molecule has 0 aliphatic rings. The summed E-state index contributed by atoms with van der Waals surface area (Å²) in [6.07, 6.45) is 0. The molecule has 0 heterocycles. The summed E-state index contributed by atoms with van der Waals surface area (Å²) in [5.74, 6) is -0.312. The molecule has 0 aromatic rings. The van der Waals surface area contributed by atoms with Gasteiger partial charge in [0.25, 0.3) is 0 Å². The highest BCUT2D eigenvalue weighted by Crippen LogP contribution is 1.83. The molecule has 0 fully saturated rings. The molecular weight excluding hydrogens is 106 g/mol. The molecule has 0 saturated heterocycles. The van der Waals surface area contributed by atoms with E-state index >= 15 is 0 Å². The van der Waals surface area contributed by atoms with Gasteiger partial charge in [-0.25, -0.2) is 0 Å². The summed E-state index contributed by atoms with van der Waals surface area (Å²) in [6.45, 7) is 3.00. The fraction of sp³-hybridized carbons (Fsp3) is 0.400. The lowest BCUT2D eigenvalue weighted by Gasteiger charge is -1.96. The Morgan fingerprint density at radius 1 is 1.88 bits per heavy atom. The van der Waals surface area contributed by atoms with Gasteiger partial charge in [-0.2, -0.15) is 0 Å². The SMILES string of the molecule is C=C(CO)C(=O)NC. The quantitative estimate of drug-likeness (QED) is 0.467. The number of amides is 1. The van der Waals surface area contributed by atoms with Crippen molar-refractivity contribution in [1.82, 2.24) is 5.32 Å². The minimum Gasteiger partial charge on any atom is -0.391 e. The van der Waals surface area contributed by atoms with Crippen molar-refractivity contribution in [3.05, 3.63) is 12.2 Å². The van der Waals surface area contributed by atoms with E-state index in [-0.39, 0.29) is 18.1 Å². The fourth-order valence-corrected chi connectivity index (χ4v) is 0.249. The van der Waals surface area contributed by atoms with E-state index in [4.69, 9.17) is 5.11 Å². The smallest absolute Gasteiger partial charge is 0.248 e. The molecule has 1 amide bonds. The van der Waals surface area contributed by atoms with Crippen LogP contribution in [-0.2, 0) is 4.79 Å². The van der Waals surface area contributed by atoms with Crippen LogP contribution in [0.1, 0.15) is 0 Å². The van der Waals surface area contributed by atoms with Crippen molar-refractivity contribution in [2.45, 2.75) is 0 Å². The lowest BCUT2D eigenvalue weighted by Crippen LogP contribution is -2.20. The maximum Gasteiger partial charge on any atom is 0.248 e. The van der Waals surface area contributed by atoms with Gasteiger partial charge in [0.1, 0.15) is 0 Å². The zero-order valence-corrected chi connectivity index (χ0v) is 4.77. The first-order chi connectivity index (χ1) is 3.72. The predicted molar refractivity (Wildman–Crippen MR) is 30.3 cm³/mol. The van der Waals surface area contributed by atoms with Gasteiger partial charge >= 0.3 is 0 Å². The van der Waals surface area contributed by atoms with E-state index in [1.807, 2.05) is 0 Å². The number of carbonyl (C=O) groups is 1. The predicted octanol–water partition coefficient (Wildman–Crippen LogP) is -0.719. The molecule has 0 rings (SSSR count). The number of aliphatic hydroxyl groups is 1. The second-order valence-electron chi connectivity index (χ2n) is 1.34. The van der Waals surface area contributed by atoms with Crippen LogP contribution in [0.15, 0.2) is 12.2 Å². The van der Waals surface area contributed by atoms with Crippen LogP contribution in [0.4, 0.5) is 0 Å². The Hall–Kier alpha value is -0.830. The number of hydrogen-bond acceptors (Lipinski definition) is 2. The first kappa shape index (κ1) is 7.17. The molecule has 8 heavy (non-hydrogen) atoms. The van der Waals surface area contributed by atoms with E-state index in [0.29, 0.717) is 0 Å². The van der Waals surface area contributed by atoms with Gasteiger partial charge in [0.05, 0.1) is 6.61 Å². The van der Waals surface area contributed by atoms with Gasteiger partial charge in [0.2, 0.25) is 5.91 Å². The minimum atomic E-state index is -0.312. The van der Waals surface area contributed by atoms with Gasteiger partial charge in [-0.05, 0) is 0 Å². The summed E-state index contributed by atoms with van der Waals surface area (Å²) in [4.78, 5) is 10.4. The Morgan fingerprint density at radius 3 is 2.50 bits per heavy atom. The lowest BCUT2D eigenvalue weighted by molar-refractivity contribution is -0.117. The second kappa shape index (κ2) is 3.21. The summed E-state index contributed by atoms with van der Waals surface area (Å²) >= 11 is 0. The molecule has 0 radical (unpaired) electrons.